The maximum Gasteiger partial charge on any atom is 0.271 e. The van der Waals surface area contributed by atoms with E-state index in [1.807, 2.05) is 99.6 Å². The summed E-state index contributed by atoms with van der Waals surface area (Å²) in [5, 5.41) is 11.0. The molecule has 1 amide bonds. The van der Waals surface area contributed by atoms with Crippen molar-refractivity contribution >= 4 is 34.1 Å². The van der Waals surface area contributed by atoms with Crippen molar-refractivity contribution in [2.75, 3.05) is 20.2 Å². The Labute approximate surface area is 276 Å². The van der Waals surface area contributed by atoms with Crippen molar-refractivity contribution in [1.82, 2.24) is 9.47 Å². The number of hydrogen-bond acceptors (Lipinski definition) is 7. The smallest absolute Gasteiger partial charge is 0.271 e. The largest absolute Gasteiger partial charge is 0.496 e. The molecule has 0 saturated carbocycles. The van der Waals surface area contributed by atoms with Crippen LogP contribution in [0.4, 0.5) is 0 Å². The Hall–Kier alpha value is -5.46. The zero-order valence-corrected chi connectivity index (χ0v) is 27.5. The van der Waals surface area contributed by atoms with Crippen LogP contribution in [0.2, 0.25) is 0 Å². The van der Waals surface area contributed by atoms with Crippen LogP contribution in [0.15, 0.2) is 106 Å². The van der Waals surface area contributed by atoms with Gasteiger partial charge >= 0.3 is 0 Å². The maximum absolute atomic E-state index is 14.5. The van der Waals surface area contributed by atoms with Crippen LogP contribution in [0.1, 0.15) is 49.1 Å². The van der Waals surface area contributed by atoms with Gasteiger partial charge in [-0.15, -0.1) is 0 Å². The van der Waals surface area contributed by atoms with E-state index in [2.05, 4.69) is 6.07 Å². The number of fused-ring (bicyclic) bond motifs is 2. The van der Waals surface area contributed by atoms with Gasteiger partial charge in [0.1, 0.15) is 24.1 Å². The maximum atomic E-state index is 14.5. The summed E-state index contributed by atoms with van der Waals surface area (Å²) in [5.41, 5.74) is 3.75. The lowest BCUT2D eigenvalue weighted by Gasteiger charge is -2.30. The van der Waals surface area contributed by atoms with E-state index in [0.29, 0.717) is 57.4 Å². The SMILES string of the molecule is CCN(CC)C(=O)C1=C(C)N=c2s/c(=C/c3ccccc3OCc3ccc(C#N)cc3)c(=O)n2[C@H]1c1c(OC)ccc2ccccc12. The molecule has 0 aliphatic carbocycles. The Bertz CT molecular complexity index is 2240. The van der Waals surface area contributed by atoms with Crippen molar-refractivity contribution in [2.24, 2.45) is 4.99 Å². The average Bonchev–Trinajstić information content (AvgIpc) is 3.40. The molecule has 0 fully saturated rings. The van der Waals surface area contributed by atoms with Crippen LogP contribution >= 0.6 is 11.3 Å². The number of nitrogens with zero attached hydrogens (tertiary/aromatic N) is 4. The molecule has 0 radical (unpaired) electrons. The summed E-state index contributed by atoms with van der Waals surface area (Å²) >= 11 is 1.28. The van der Waals surface area contributed by atoms with E-state index in [1.165, 1.54) is 11.3 Å². The molecule has 236 valence electrons. The van der Waals surface area contributed by atoms with Crippen molar-refractivity contribution in [1.29, 1.82) is 5.26 Å². The van der Waals surface area contributed by atoms with Gasteiger partial charge in [0.2, 0.25) is 0 Å². The van der Waals surface area contributed by atoms with Gasteiger partial charge in [0.05, 0.1) is 34.5 Å². The van der Waals surface area contributed by atoms with E-state index in [4.69, 9.17) is 19.7 Å². The average molecular weight is 643 g/mol. The molecular formula is C38H34N4O4S. The van der Waals surface area contributed by atoms with Gasteiger partial charge in [0.15, 0.2) is 4.80 Å². The number of hydrogen-bond donors (Lipinski definition) is 0. The molecule has 5 aromatic rings. The topological polar surface area (TPSA) is 96.9 Å². The lowest BCUT2D eigenvalue weighted by molar-refractivity contribution is -0.127. The Morgan fingerprint density at radius 3 is 2.45 bits per heavy atom. The van der Waals surface area contributed by atoms with Gasteiger partial charge < -0.3 is 14.4 Å². The standard InChI is InChI=1S/C38H34N4O4S/c1-5-41(6-2)37(44)33-24(3)40-38-42(35(33)34-29-13-9-7-11-27(29)19-20-31(34)45-4)36(43)32(47-38)21-28-12-8-10-14-30(28)46-23-26-17-15-25(22-39)16-18-26/h7-21,35H,5-6,23H2,1-4H3/b32-21+/t35-/m1/s1. The fourth-order valence-electron chi connectivity index (χ4n) is 5.99. The van der Waals surface area contributed by atoms with Crippen molar-refractivity contribution in [3.8, 4) is 17.6 Å². The van der Waals surface area contributed by atoms with Crippen LogP contribution in [-0.2, 0) is 11.4 Å². The van der Waals surface area contributed by atoms with Crippen molar-refractivity contribution in [2.45, 2.75) is 33.4 Å². The Balaban J connectivity index is 1.52. The number of nitriles is 1. The minimum atomic E-state index is -0.759. The molecule has 9 heteroatoms. The number of amides is 1. The second-order valence-corrected chi connectivity index (χ2v) is 12.1. The van der Waals surface area contributed by atoms with Crippen LogP contribution in [0.5, 0.6) is 11.5 Å². The van der Waals surface area contributed by atoms with Gasteiger partial charge in [-0.3, -0.25) is 14.2 Å². The van der Waals surface area contributed by atoms with E-state index >= 15 is 0 Å². The van der Waals surface area contributed by atoms with Crippen molar-refractivity contribution < 1.29 is 14.3 Å². The van der Waals surface area contributed by atoms with E-state index in [9.17, 15) is 9.59 Å². The molecule has 4 aromatic carbocycles. The molecule has 1 aromatic heterocycles. The number of carbonyl (C=O) groups excluding carboxylic acids is 1. The van der Waals surface area contributed by atoms with Crippen LogP contribution in [0, 0.1) is 11.3 Å². The summed E-state index contributed by atoms with van der Waals surface area (Å²) in [6.07, 6.45) is 1.82. The van der Waals surface area contributed by atoms with Gasteiger partial charge in [-0.25, -0.2) is 4.99 Å². The van der Waals surface area contributed by atoms with Crippen LogP contribution in [0.3, 0.4) is 0 Å². The first-order chi connectivity index (χ1) is 22.9. The fourth-order valence-corrected chi connectivity index (χ4v) is 7.03. The van der Waals surface area contributed by atoms with E-state index in [1.54, 1.807) is 28.7 Å². The molecule has 0 unspecified atom stereocenters. The number of methoxy groups -OCH3 is 1. The lowest BCUT2D eigenvalue weighted by Crippen LogP contribution is -2.43. The summed E-state index contributed by atoms with van der Waals surface area (Å²) in [6, 6.07) is 28.0. The molecule has 0 spiro atoms. The number of aromatic nitrogens is 1. The van der Waals surface area contributed by atoms with E-state index in [0.717, 1.165) is 27.5 Å². The van der Waals surface area contributed by atoms with Gasteiger partial charge in [0, 0.05) is 24.2 Å². The van der Waals surface area contributed by atoms with Crippen molar-refractivity contribution in [3.05, 3.63) is 138 Å². The second kappa shape index (κ2) is 13.5. The Morgan fingerprint density at radius 1 is 1.00 bits per heavy atom. The monoisotopic (exact) mass is 642 g/mol. The number of allylic oxidation sites excluding steroid dienone is 1. The van der Waals surface area contributed by atoms with Crippen LogP contribution < -0.4 is 24.4 Å². The predicted octanol–water partition coefficient (Wildman–Crippen LogP) is 5.72. The molecular weight excluding hydrogens is 609 g/mol. The summed E-state index contributed by atoms with van der Waals surface area (Å²) in [7, 11) is 1.61. The highest BCUT2D eigenvalue weighted by Gasteiger charge is 2.36. The predicted molar refractivity (Wildman–Crippen MR) is 184 cm³/mol. The number of para-hydroxylation sites is 1. The Morgan fingerprint density at radius 2 is 1.72 bits per heavy atom. The van der Waals surface area contributed by atoms with Gasteiger partial charge in [-0.05, 0) is 67.4 Å². The first-order valence-electron chi connectivity index (χ1n) is 15.5. The second-order valence-electron chi connectivity index (χ2n) is 11.1. The number of rotatable bonds is 9. The third-order valence-electron chi connectivity index (χ3n) is 8.41. The van der Waals surface area contributed by atoms with Crippen LogP contribution in [-0.4, -0.2) is 35.6 Å². The molecule has 0 N–H and O–H groups in total. The molecule has 47 heavy (non-hydrogen) atoms. The normalized spacial score (nSPS) is 14.4. The minimum absolute atomic E-state index is 0.160. The highest BCUT2D eigenvalue weighted by Crippen LogP contribution is 2.40. The van der Waals surface area contributed by atoms with Gasteiger partial charge in [-0.1, -0.05) is 72.0 Å². The molecule has 0 saturated heterocycles. The molecule has 2 heterocycles. The number of carbonyl (C=O) groups is 1. The molecule has 1 aliphatic rings. The summed E-state index contributed by atoms with van der Waals surface area (Å²) in [4.78, 5) is 35.8. The first-order valence-corrected chi connectivity index (χ1v) is 16.3. The number of likely N-dealkylation sites (N-methyl/N-ethyl adjacent to an activating group) is 1. The zero-order chi connectivity index (χ0) is 33.1. The quantitative estimate of drug-likeness (QED) is 0.205. The fraction of sp³-hybridized carbons (Fsp3) is 0.211. The third kappa shape index (κ3) is 5.96. The number of benzene rings is 4. The highest BCUT2D eigenvalue weighted by atomic mass is 32.1. The minimum Gasteiger partial charge on any atom is -0.496 e. The first kappa shape index (κ1) is 31.5. The third-order valence-corrected chi connectivity index (χ3v) is 9.39. The van der Waals surface area contributed by atoms with Crippen molar-refractivity contribution in [3.63, 3.8) is 0 Å². The number of thiazole rings is 1. The molecule has 1 aliphatic heterocycles. The van der Waals surface area contributed by atoms with Crippen LogP contribution in [0.25, 0.3) is 16.8 Å². The molecule has 6 rings (SSSR count). The molecule has 1 atom stereocenters. The Kier molecular flexibility index (Phi) is 9.05. The van der Waals surface area contributed by atoms with E-state index < -0.39 is 6.04 Å². The molecule has 8 nitrogen and oxygen atoms in total. The summed E-state index contributed by atoms with van der Waals surface area (Å²) in [5.74, 6) is 1.04. The highest BCUT2D eigenvalue weighted by molar-refractivity contribution is 7.07. The number of ether oxygens (including phenoxy) is 2. The van der Waals surface area contributed by atoms with E-state index in [-0.39, 0.29) is 11.5 Å². The molecule has 0 bridgehead atoms. The summed E-state index contributed by atoms with van der Waals surface area (Å²) in [6.45, 7) is 7.07. The summed E-state index contributed by atoms with van der Waals surface area (Å²) < 4.78 is 14.2. The zero-order valence-electron chi connectivity index (χ0n) is 26.7. The lowest BCUT2D eigenvalue weighted by atomic mass is 9.90. The van der Waals surface area contributed by atoms with Gasteiger partial charge in [0.25, 0.3) is 11.5 Å². The van der Waals surface area contributed by atoms with Gasteiger partial charge in [-0.2, -0.15) is 5.26 Å².